The molecule has 0 aliphatic carbocycles. The molecule has 1 aromatic carbocycles. The number of aromatic amines is 1. The van der Waals surface area contributed by atoms with E-state index in [0.717, 1.165) is 0 Å². The second-order valence-corrected chi connectivity index (χ2v) is 6.12. The van der Waals surface area contributed by atoms with Gasteiger partial charge < -0.3 is 0 Å². The van der Waals surface area contributed by atoms with Crippen LogP contribution in [0.25, 0.3) is 11.4 Å². The second kappa shape index (κ2) is 5.58. The fourth-order valence-electron chi connectivity index (χ4n) is 1.55. The molecule has 0 aliphatic heterocycles. The van der Waals surface area contributed by atoms with E-state index < -0.39 is 10.0 Å². The van der Waals surface area contributed by atoms with E-state index in [9.17, 15) is 8.42 Å². The van der Waals surface area contributed by atoms with Crippen molar-refractivity contribution in [2.75, 3.05) is 16.4 Å². The number of hydrogen-bond acceptors (Lipinski definition) is 4. The normalized spacial score (nSPS) is 11.5. The summed E-state index contributed by atoms with van der Waals surface area (Å²) in [6.45, 7) is 1.77. The molecule has 2 rings (SSSR count). The Kier molecular flexibility index (Phi) is 4.06. The largest absolute Gasteiger partial charge is 0.283 e. The highest BCUT2D eigenvalue weighted by Crippen LogP contribution is 2.25. The minimum Gasteiger partial charge on any atom is -0.283 e. The van der Waals surface area contributed by atoms with Gasteiger partial charge in [0.1, 0.15) is 5.82 Å². The summed E-state index contributed by atoms with van der Waals surface area (Å²) < 4.78 is 26.0. The molecular weight excluding hydrogens is 288 g/mol. The van der Waals surface area contributed by atoms with Crippen molar-refractivity contribution in [2.24, 2.45) is 0 Å². The van der Waals surface area contributed by atoms with Gasteiger partial charge in [0, 0.05) is 11.4 Å². The molecule has 2 N–H and O–H groups in total. The predicted molar refractivity (Wildman–Crippen MR) is 74.7 cm³/mol. The number of sulfonamides is 1. The van der Waals surface area contributed by atoms with Gasteiger partial charge in [-0.15, -0.1) is 11.6 Å². The van der Waals surface area contributed by atoms with Gasteiger partial charge in [0.25, 0.3) is 0 Å². The molecule has 0 unspecified atom stereocenters. The summed E-state index contributed by atoms with van der Waals surface area (Å²) in [5.41, 5.74) is 1.05. The number of rotatable bonds is 5. The molecule has 0 fully saturated rings. The average Bonchev–Trinajstić information content (AvgIpc) is 2.75. The maximum Gasteiger partial charge on any atom is 0.233 e. The predicted octanol–water partition coefficient (Wildman–Crippen LogP) is 1.76. The summed E-state index contributed by atoms with van der Waals surface area (Å²) in [5, 5.41) is 6.75. The summed E-state index contributed by atoms with van der Waals surface area (Å²) in [7, 11) is -3.46. The van der Waals surface area contributed by atoms with Crippen LogP contribution in [0.2, 0.25) is 0 Å². The van der Waals surface area contributed by atoms with Crippen molar-refractivity contribution in [3.05, 3.63) is 30.1 Å². The average molecular weight is 301 g/mol. The van der Waals surface area contributed by atoms with E-state index in [2.05, 4.69) is 19.9 Å². The van der Waals surface area contributed by atoms with Gasteiger partial charge in [-0.05, 0) is 19.1 Å². The van der Waals surface area contributed by atoms with E-state index in [1.807, 2.05) is 0 Å². The van der Waals surface area contributed by atoms with E-state index in [1.54, 1.807) is 31.2 Å². The van der Waals surface area contributed by atoms with Gasteiger partial charge in [0.05, 0.1) is 11.4 Å². The SMILES string of the molecule is Cc1nc(-c2ccccc2NS(=O)(=O)CCCl)n[nH]1. The van der Waals surface area contributed by atoms with Gasteiger partial charge >= 0.3 is 0 Å². The minimum absolute atomic E-state index is 0.0390. The number of nitrogens with zero attached hydrogens (tertiary/aromatic N) is 2. The number of benzene rings is 1. The highest BCUT2D eigenvalue weighted by Gasteiger charge is 2.14. The second-order valence-electron chi connectivity index (χ2n) is 3.90. The number of halogens is 1. The first-order valence-electron chi connectivity index (χ1n) is 5.57. The fourth-order valence-corrected chi connectivity index (χ4v) is 2.98. The zero-order valence-electron chi connectivity index (χ0n) is 10.2. The van der Waals surface area contributed by atoms with Crippen LogP contribution < -0.4 is 4.72 Å². The quantitative estimate of drug-likeness (QED) is 0.824. The molecule has 0 amide bonds. The van der Waals surface area contributed by atoms with Crippen molar-refractivity contribution < 1.29 is 8.42 Å². The Morgan fingerprint density at radius 2 is 2.11 bits per heavy atom. The Hall–Kier alpha value is -1.60. The lowest BCUT2D eigenvalue weighted by Gasteiger charge is -2.09. The summed E-state index contributed by atoms with van der Waals surface area (Å²) >= 11 is 5.46. The van der Waals surface area contributed by atoms with Crippen molar-refractivity contribution in [3.8, 4) is 11.4 Å². The third kappa shape index (κ3) is 3.45. The number of aryl methyl sites for hydroxylation is 1. The van der Waals surface area contributed by atoms with Crippen LogP contribution in [0.1, 0.15) is 5.82 Å². The zero-order valence-corrected chi connectivity index (χ0v) is 11.8. The van der Waals surface area contributed by atoms with Gasteiger partial charge in [-0.1, -0.05) is 12.1 Å². The lowest BCUT2D eigenvalue weighted by Crippen LogP contribution is -2.18. The van der Waals surface area contributed by atoms with Crippen molar-refractivity contribution in [1.82, 2.24) is 15.2 Å². The Balaban J connectivity index is 2.37. The number of para-hydroxylation sites is 1. The van der Waals surface area contributed by atoms with E-state index in [4.69, 9.17) is 11.6 Å². The van der Waals surface area contributed by atoms with Crippen molar-refractivity contribution in [3.63, 3.8) is 0 Å². The van der Waals surface area contributed by atoms with Crippen LogP contribution in [0.15, 0.2) is 24.3 Å². The third-order valence-corrected chi connectivity index (χ3v) is 4.06. The van der Waals surface area contributed by atoms with Gasteiger partial charge in [-0.2, -0.15) is 5.10 Å². The molecule has 0 saturated carbocycles. The van der Waals surface area contributed by atoms with Crippen molar-refractivity contribution in [1.29, 1.82) is 0 Å². The maximum absolute atomic E-state index is 11.7. The van der Waals surface area contributed by atoms with E-state index in [1.165, 1.54) is 0 Å². The Labute approximate surface area is 116 Å². The van der Waals surface area contributed by atoms with Crippen LogP contribution in [0.3, 0.4) is 0 Å². The summed E-state index contributed by atoms with van der Waals surface area (Å²) in [4.78, 5) is 4.19. The molecule has 1 heterocycles. The molecular formula is C11H13ClN4O2S. The molecule has 0 saturated heterocycles. The van der Waals surface area contributed by atoms with E-state index in [-0.39, 0.29) is 11.6 Å². The molecule has 2 aromatic rings. The molecule has 0 bridgehead atoms. The number of alkyl halides is 1. The summed E-state index contributed by atoms with van der Waals surface area (Å²) in [6, 6.07) is 6.94. The van der Waals surface area contributed by atoms with Gasteiger partial charge in [0.2, 0.25) is 10.0 Å². The molecule has 8 heteroatoms. The Morgan fingerprint density at radius 3 is 2.74 bits per heavy atom. The summed E-state index contributed by atoms with van der Waals surface area (Å²) in [5.74, 6) is 1.00. The Bertz CT molecular complexity index is 669. The monoisotopic (exact) mass is 300 g/mol. The first-order valence-corrected chi connectivity index (χ1v) is 7.75. The number of nitrogens with one attached hydrogen (secondary N) is 2. The van der Waals surface area contributed by atoms with Crippen LogP contribution in [-0.2, 0) is 10.0 Å². The lowest BCUT2D eigenvalue weighted by atomic mass is 10.2. The Morgan fingerprint density at radius 1 is 1.37 bits per heavy atom. The van der Waals surface area contributed by atoms with Crippen LogP contribution in [-0.4, -0.2) is 35.2 Å². The smallest absolute Gasteiger partial charge is 0.233 e. The van der Waals surface area contributed by atoms with E-state index >= 15 is 0 Å². The van der Waals surface area contributed by atoms with Gasteiger partial charge in [-0.25, -0.2) is 13.4 Å². The van der Waals surface area contributed by atoms with Gasteiger partial charge in [0.15, 0.2) is 5.82 Å². The first kappa shape index (κ1) is 13.8. The lowest BCUT2D eigenvalue weighted by molar-refractivity contribution is 0.602. The molecule has 1 aromatic heterocycles. The number of H-pyrrole nitrogens is 1. The third-order valence-electron chi connectivity index (χ3n) is 2.38. The van der Waals surface area contributed by atoms with Crippen LogP contribution >= 0.6 is 11.6 Å². The molecule has 0 aliphatic rings. The standard InChI is InChI=1S/C11H13ClN4O2S/c1-8-13-11(15-14-8)9-4-2-3-5-10(9)16-19(17,18)7-6-12/h2-5,16H,6-7H2,1H3,(H,13,14,15). The molecule has 19 heavy (non-hydrogen) atoms. The fraction of sp³-hybridized carbons (Fsp3) is 0.273. The molecule has 0 radical (unpaired) electrons. The van der Waals surface area contributed by atoms with E-state index in [0.29, 0.717) is 22.9 Å². The highest BCUT2D eigenvalue weighted by molar-refractivity contribution is 7.92. The zero-order chi connectivity index (χ0) is 13.9. The molecule has 102 valence electrons. The van der Waals surface area contributed by atoms with Gasteiger partial charge in [-0.3, -0.25) is 9.82 Å². The number of anilines is 1. The van der Waals surface area contributed by atoms with Crippen molar-refractivity contribution in [2.45, 2.75) is 6.92 Å². The number of hydrogen-bond donors (Lipinski definition) is 2. The van der Waals surface area contributed by atoms with Crippen LogP contribution in [0.4, 0.5) is 5.69 Å². The van der Waals surface area contributed by atoms with Crippen molar-refractivity contribution >= 4 is 27.3 Å². The first-order chi connectivity index (χ1) is 9.02. The van der Waals surface area contributed by atoms with Crippen LogP contribution in [0.5, 0.6) is 0 Å². The molecule has 0 atom stereocenters. The molecule has 6 nitrogen and oxygen atoms in total. The maximum atomic E-state index is 11.7. The molecule has 0 spiro atoms. The number of aromatic nitrogens is 3. The highest BCUT2D eigenvalue weighted by atomic mass is 35.5. The van der Waals surface area contributed by atoms with Crippen LogP contribution in [0, 0.1) is 6.92 Å². The summed E-state index contributed by atoms with van der Waals surface area (Å²) in [6.07, 6.45) is 0. The minimum atomic E-state index is -3.46. The topological polar surface area (TPSA) is 87.7 Å².